The lowest BCUT2D eigenvalue weighted by Crippen LogP contribution is -2.44. The van der Waals surface area contributed by atoms with E-state index in [1.54, 1.807) is 18.4 Å². The van der Waals surface area contributed by atoms with Gasteiger partial charge in [0.2, 0.25) is 0 Å². The van der Waals surface area contributed by atoms with Crippen LogP contribution < -0.4 is 10.6 Å². The van der Waals surface area contributed by atoms with E-state index in [-0.39, 0.29) is 41.5 Å². The normalized spacial score (nSPS) is 20.1. The zero-order valence-corrected chi connectivity index (χ0v) is 17.7. The van der Waals surface area contributed by atoms with E-state index in [9.17, 15) is 8.42 Å². The van der Waals surface area contributed by atoms with Gasteiger partial charge in [-0.25, -0.2) is 13.4 Å². The quantitative estimate of drug-likeness (QED) is 0.386. The van der Waals surface area contributed by atoms with E-state index in [1.807, 2.05) is 0 Å². The molecule has 0 saturated carbocycles. The molecule has 0 spiro atoms. The van der Waals surface area contributed by atoms with Crippen LogP contribution >= 0.6 is 35.3 Å². The van der Waals surface area contributed by atoms with Crippen molar-refractivity contribution < 1.29 is 8.42 Å². The van der Waals surface area contributed by atoms with Crippen LogP contribution in [-0.2, 0) is 22.7 Å². The summed E-state index contributed by atoms with van der Waals surface area (Å²) in [5.74, 6) is 1.12. The van der Waals surface area contributed by atoms with Crippen molar-refractivity contribution in [3.05, 3.63) is 15.6 Å². The minimum Gasteiger partial charge on any atom is -0.356 e. The number of thiazole rings is 1. The predicted molar refractivity (Wildman–Crippen MR) is 107 cm³/mol. The van der Waals surface area contributed by atoms with Crippen molar-refractivity contribution in [2.45, 2.75) is 39.2 Å². The summed E-state index contributed by atoms with van der Waals surface area (Å²) in [5, 5.41) is 7.53. The lowest BCUT2D eigenvalue weighted by molar-refractivity contribution is 0.599. The first-order valence-electron chi connectivity index (χ1n) is 7.56. The van der Waals surface area contributed by atoms with Gasteiger partial charge in [-0.1, -0.05) is 6.92 Å². The van der Waals surface area contributed by atoms with Gasteiger partial charge in [-0.3, -0.25) is 4.99 Å². The molecule has 6 nitrogen and oxygen atoms in total. The van der Waals surface area contributed by atoms with Crippen LogP contribution in [0, 0.1) is 6.92 Å². The maximum absolute atomic E-state index is 11.5. The fourth-order valence-electron chi connectivity index (χ4n) is 2.51. The highest BCUT2D eigenvalue weighted by Gasteiger charge is 2.28. The van der Waals surface area contributed by atoms with Crippen molar-refractivity contribution in [3.63, 3.8) is 0 Å². The molecule has 1 saturated heterocycles. The smallest absolute Gasteiger partial charge is 0.191 e. The number of sulfone groups is 1. The highest BCUT2D eigenvalue weighted by molar-refractivity contribution is 14.0. The van der Waals surface area contributed by atoms with Crippen LogP contribution in [0.25, 0.3) is 0 Å². The molecule has 1 fully saturated rings. The van der Waals surface area contributed by atoms with Gasteiger partial charge >= 0.3 is 0 Å². The first kappa shape index (κ1) is 20.6. The maximum atomic E-state index is 11.5. The number of guanidine groups is 1. The van der Waals surface area contributed by atoms with Crippen molar-refractivity contribution in [2.24, 2.45) is 4.99 Å². The Hall–Kier alpha value is -0.420. The highest BCUT2D eigenvalue weighted by atomic mass is 127. The molecule has 0 radical (unpaired) electrons. The van der Waals surface area contributed by atoms with Gasteiger partial charge in [0.15, 0.2) is 15.8 Å². The van der Waals surface area contributed by atoms with Gasteiger partial charge < -0.3 is 10.6 Å². The molecule has 1 unspecified atom stereocenters. The minimum absolute atomic E-state index is 0. The van der Waals surface area contributed by atoms with Crippen LogP contribution in [0.15, 0.2) is 4.99 Å². The molecule has 1 aliphatic rings. The molecule has 1 aromatic heterocycles. The molecule has 0 amide bonds. The van der Waals surface area contributed by atoms with Crippen LogP contribution in [0.5, 0.6) is 0 Å². The van der Waals surface area contributed by atoms with Crippen molar-refractivity contribution in [1.82, 2.24) is 15.6 Å². The van der Waals surface area contributed by atoms with Crippen LogP contribution in [0.2, 0.25) is 0 Å². The summed E-state index contributed by atoms with van der Waals surface area (Å²) in [6.07, 6.45) is 2.46. The largest absolute Gasteiger partial charge is 0.356 e. The van der Waals surface area contributed by atoms with Gasteiger partial charge in [-0.05, 0) is 19.8 Å². The van der Waals surface area contributed by atoms with Crippen molar-refractivity contribution in [1.29, 1.82) is 0 Å². The summed E-state index contributed by atoms with van der Waals surface area (Å²) in [6.45, 7) is 4.95. The van der Waals surface area contributed by atoms with E-state index in [4.69, 9.17) is 0 Å². The molecule has 1 aliphatic heterocycles. The third-order valence-corrected chi connectivity index (χ3v) is 6.54. The van der Waals surface area contributed by atoms with E-state index >= 15 is 0 Å². The molecule has 2 rings (SSSR count). The van der Waals surface area contributed by atoms with E-state index in [2.05, 4.69) is 34.5 Å². The second kappa shape index (κ2) is 9.16. The summed E-state index contributed by atoms with van der Waals surface area (Å²) in [6, 6.07) is -0.0370. The maximum Gasteiger partial charge on any atom is 0.191 e. The van der Waals surface area contributed by atoms with E-state index < -0.39 is 9.84 Å². The van der Waals surface area contributed by atoms with Crippen LogP contribution in [0.4, 0.5) is 0 Å². The second-order valence-electron chi connectivity index (χ2n) is 5.46. The van der Waals surface area contributed by atoms with Crippen molar-refractivity contribution in [2.75, 3.05) is 25.1 Å². The van der Waals surface area contributed by atoms with E-state index in [0.717, 1.165) is 24.4 Å². The molecule has 2 heterocycles. The molecule has 0 aliphatic carbocycles. The molecule has 1 atom stereocenters. The third-order valence-electron chi connectivity index (χ3n) is 3.70. The number of hydrogen-bond acceptors (Lipinski definition) is 5. The number of aromatic nitrogens is 1. The first-order chi connectivity index (χ1) is 10.4. The van der Waals surface area contributed by atoms with E-state index in [1.165, 1.54) is 10.6 Å². The zero-order chi connectivity index (χ0) is 16.2. The SMILES string of the molecule is CCc1nc(CCNC(=NC)NC2CCS(=O)(=O)C2)sc1C.I. The molecular weight excluding hydrogens is 447 g/mol. The average molecular weight is 472 g/mol. The van der Waals surface area contributed by atoms with Crippen molar-refractivity contribution >= 4 is 51.1 Å². The summed E-state index contributed by atoms with van der Waals surface area (Å²) in [7, 11) is -1.18. The molecule has 132 valence electrons. The number of aryl methyl sites for hydroxylation is 2. The monoisotopic (exact) mass is 472 g/mol. The van der Waals surface area contributed by atoms with Gasteiger partial charge in [0, 0.05) is 30.9 Å². The third kappa shape index (κ3) is 6.18. The fourth-order valence-corrected chi connectivity index (χ4v) is 5.20. The Balaban J connectivity index is 0.00000264. The average Bonchev–Trinajstić information content (AvgIpc) is 2.99. The number of hydrogen-bond donors (Lipinski definition) is 2. The Morgan fingerprint density at radius 1 is 1.48 bits per heavy atom. The Kier molecular flexibility index (Phi) is 8.22. The molecular formula is C14H25IN4O2S2. The van der Waals surface area contributed by atoms with Gasteiger partial charge in [0.1, 0.15) is 0 Å². The molecule has 9 heteroatoms. The number of nitrogens with zero attached hydrogens (tertiary/aromatic N) is 2. The molecule has 2 N–H and O–H groups in total. The van der Waals surface area contributed by atoms with Gasteiger partial charge in [0.05, 0.1) is 22.2 Å². The molecule has 0 aromatic carbocycles. The molecule has 0 bridgehead atoms. The standard InChI is InChI=1S/C14H24N4O2S2.HI/c1-4-12-10(2)21-13(18-12)5-7-16-14(15-3)17-11-6-8-22(19,20)9-11;/h11H,4-9H2,1-3H3,(H2,15,16,17);1H. The Morgan fingerprint density at radius 2 is 2.22 bits per heavy atom. The topological polar surface area (TPSA) is 83.4 Å². The van der Waals surface area contributed by atoms with E-state index in [0.29, 0.717) is 12.4 Å². The number of halogens is 1. The first-order valence-corrected chi connectivity index (χ1v) is 10.2. The van der Waals surface area contributed by atoms with Gasteiger partial charge in [-0.2, -0.15) is 0 Å². The van der Waals surface area contributed by atoms with Crippen molar-refractivity contribution in [3.8, 4) is 0 Å². The molecule has 23 heavy (non-hydrogen) atoms. The summed E-state index contributed by atoms with van der Waals surface area (Å²) in [5.41, 5.74) is 1.18. The summed E-state index contributed by atoms with van der Waals surface area (Å²) >= 11 is 1.74. The zero-order valence-electron chi connectivity index (χ0n) is 13.8. The Labute approximate surface area is 159 Å². The number of rotatable bonds is 5. The molecule has 1 aromatic rings. The second-order valence-corrected chi connectivity index (χ2v) is 8.97. The number of aliphatic imine (C=N–C) groups is 1. The highest BCUT2D eigenvalue weighted by Crippen LogP contribution is 2.18. The summed E-state index contributed by atoms with van der Waals surface area (Å²) in [4.78, 5) is 10.1. The fraction of sp³-hybridized carbons (Fsp3) is 0.714. The van der Waals surface area contributed by atoms with Crippen LogP contribution in [-0.4, -0.2) is 50.5 Å². The lowest BCUT2D eigenvalue weighted by Gasteiger charge is -2.15. The predicted octanol–water partition coefficient (Wildman–Crippen LogP) is 1.53. The van der Waals surface area contributed by atoms with Crippen LogP contribution in [0.1, 0.15) is 28.9 Å². The lowest BCUT2D eigenvalue weighted by atomic mass is 10.3. The Bertz CT molecular complexity index is 643. The van der Waals surface area contributed by atoms with Gasteiger partial charge in [0.25, 0.3) is 0 Å². The minimum atomic E-state index is -2.87. The summed E-state index contributed by atoms with van der Waals surface area (Å²) < 4.78 is 22.9. The van der Waals surface area contributed by atoms with Gasteiger partial charge in [-0.15, -0.1) is 35.3 Å². The number of nitrogens with one attached hydrogen (secondary N) is 2. The Morgan fingerprint density at radius 3 is 2.74 bits per heavy atom. The van der Waals surface area contributed by atoms with Crippen LogP contribution in [0.3, 0.4) is 0 Å².